The Bertz CT molecular complexity index is 632. The molecule has 0 spiro atoms. The lowest BCUT2D eigenvalue weighted by Crippen LogP contribution is -2.44. The summed E-state index contributed by atoms with van der Waals surface area (Å²) in [6, 6.07) is 13.3. The Hall–Kier alpha value is -2.11. The molecular formula is C18H20FNO3. The van der Waals surface area contributed by atoms with Gasteiger partial charge in [-0.25, -0.2) is 4.39 Å². The first-order chi connectivity index (χ1) is 11.2. The van der Waals surface area contributed by atoms with Gasteiger partial charge in [-0.05, 0) is 30.3 Å². The third-order valence-corrected chi connectivity index (χ3v) is 3.86. The molecule has 4 nitrogen and oxygen atoms in total. The molecule has 1 N–H and O–H groups in total. The topological polar surface area (TPSA) is 41.9 Å². The van der Waals surface area contributed by atoms with Crippen molar-refractivity contribution in [2.45, 2.75) is 12.6 Å². The molecule has 0 radical (unpaired) electrons. The van der Waals surface area contributed by atoms with Crippen LogP contribution >= 0.6 is 0 Å². The van der Waals surface area contributed by atoms with Crippen molar-refractivity contribution in [1.29, 1.82) is 0 Å². The number of ether oxygens (including phenoxy) is 2. The number of para-hydroxylation sites is 1. The molecule has 2 aromatic rings. The monoisotopic (exact) mass is 317 g/mol. The normalized spacial score (nSPS) is 18.7. The van der Waals surface area contributed by atoms with Crippen molar-refractivity contribution in [1.82, 2.24) is 4.90 Å². The fourth-order valence-electron chi connectivity index (χ4n) is 2.63. The SMILES string of the molecule is Oc1ccccc1CN1CCO[C@H](COc2ccc(F)cc2)C1. The number of aromatic hydroxyl groups is 1. The van der Waals surface area contributed by atoms with Crippen molar-refractivity contribution >= 4 is 0 Å². The first-order valence-electron chi connectivity index (χ1n) is 7.70. The Labute approximate surface area is 135 Å². The lowest BCUT2D eigenvalue weighted by molar-refractivity contribution is -0.0505. The zero-order valence-electron chi connectivity index (χ0n) is 12.8. The van der Waals surface area contributed by atoms with Crippen LogP contribution in [0.25, 0.3) is 0 Å². The minimum absolute atomic E-state index is 0.0420. The largest absolute Gasteiger partial charge is 0.508 e. The molecule has 0 aliphatic carbocycles. The summed E-state index contributed by atoms with van der Waals surface area (Å²) in [4.78, 5) is 2.23. The average Bonchev–Trinajstić information content (AvgIpc) is 2.57. The van der Waals surface area contributed by atoms with E-state index in [-0.39, 0.29) is 11.9 Å². The van der Waals surface area contributed by atoms with Gasteiger partial charge in [0.05, 0.1) is 6.61 Å². The predicted octanol–water partition coefficient (Wildman–Crippen LogP) is 2.81. The highest BCUT2D eigenvalue weighted by Gasteiger charge is 2.21. The summed E-state index contributed by atoms with van der Waals surface area (Å²) >= 11 is 0. The highest BCUT2D eigenvalue weighted by Crippen LogP contribution is 2.19. The van der Waals surface area contributed by atoms with Crippen molar-refractivity contribution in [3.8, 4) is 11.5 Å². The summed E-state index contributed by atoms with van der Waals surface area (Å²) in [7, 11) is 0. The molecule has 1 fully saturated rings. The van der Waals surface area contributed by atoms with Gasteiger partial charge in [-0.1, -0.05) is 18.2 Å². The van der Waals surface area contributed by atoms with Crippen LogP contribution in [0.3, 0.4) is 0 Å². The van der Waals surface area contributed by atoms with E-state index in [4.69, 9.17) is 9.47 Å². The third-order valence-electron chi connectivity index (χ3n) is 3.86. The average molecular weight is 317 g/mol. The molecule has 122 valence electrons. The molecule has 23 heavy (non-hydrogen) atoms. The van der Waals surface area contributed by atoms with Gasteiger partial charge in [-0.15, -0.1) is 0 Å². The van der Waals surface area contributed by atoms with Crippen LogP contribution in [-0.2, 0) is 11.3 Å². The van der Waals surface area contributed by atoms with Crippen LogP contribution in [0.5, 0.6) is 11.5 Å². The summed E-state index contributed by atoms with van der Waals surface area (Å²) in [5.41, 5.74) is 0.910. The number of morpholine rings is 1. The second-order valence-corrected chi connectivity index (χ2v) is 5.62. The van der Waals surface area contributed by atoms with Crippen LogP contribution in [0.4, 0.5) is 4.39 Å². The van der Waals surface area contributed by atoms with E-state index in [0.717, 1.165) is 18.7 Å². The van der Waals surface area contributed by atoms with Crippen LogP contribution in [0.2, 0.25) is 0 Å². The first kappa shape index (κ1) is 15.8. The minimum atomic E-state index is -0.278. The Morgan fingerprint density at radius 3 is 2.74 bits per heavy atom. The van der Waals surface area contributed by atoms with E-state index in [1.54, 1.807) is 18.2 Å². The lowest BCUT2D eigenvalue weighted by atomic mass is 10.1. The van der Waals surface area contributed by atoms with Crippen molar-refractivity contribution in [3.05, 3.63) is 59.9 Å². The molecule has 5 heteroatoms. The van der Waals surface area contributed by atoms with Crippen molar-refractivity contribution in [3.63, 3.8) is 0 Å². The van der Waals surface area contributed by atoms with E-state index < -0.39 is 0 Å². The Morgan fingerprint density at radius 2 is 1.96 bits per heavy atom. The van der Waals surface area contributed by atoms with Gasteiger partial charge in [0.1, 0.15) is 30.0 Å². The molecule has 0 bridgehead atoms. The maximum Gasteiger partial charge on any atom is 0.123 e. The summed E-state index contributed by atoms with van der Waals surface area (Å²) in [5.74, 6) is 0.672. The van der Waals surface area contributed by atoms with Gasteiger partial charge in [0.2, 0.25) is 0 Å². The van der Waals surface area contributed by atoms with Gasteiger partial charge in [-0.2, -0.15) is 0 Å². The highest BCUT2D eigenvalue weighted by molar-refractivity contribution is 5.31. The number of phenolic OH excluding ortho intramolecular Hbond substituents is 1. The molecule has 1 aliphatic heterocycles. The van der Waals surface area contributed by atoms with Crippen LogP contribution in [0.15, 0.2) is 48.5 Å². The molecule has 3 rings (SSSR count). The molecule has 1 aliphatic rings. The third kappa shape index (κ3) is 4.43. The van der Waals surface area contributed by atoms with Crippen LogP contribution < -0.4 is 4.74 Å². The van der Waals surface area contributed by atoms with E-state index >= 15 is 0 Å². The van der Waals surface area contributed by atoms with E-state index in [1.807, 2.05) is 18.2 Å². The van der Waals surface area contributed by atoms with E-state index in [0.29, 0.717) is 31.3 Å². The Morgan fingerprint density at radius 1 is 1.17 bits per heavy atom. The number of phenols is 1. The number of halogens is 1. The maximum absolute atomic E-state index is 12.9. The van der Waals surface area contributed by atoms with Gasteiger partial charge in [0, 0.05) is 25.2 Å². The fraction of sp³-hybridized carbons (Fsp3) is 0.333. The molecule has 2 aromatic carbocycles. The first-order valence-corrected chi connectivity index (χ1v) is 7.70. The number of hydrogen-bond acceptors (Lipinski definition) is 4. The molecule has 1 heterocycles. The maximum atomic E-state index is 12.9. The molecule has 0 unspecified atom stereocenters. The zero-order valence-corrected chi connectivity index (χ0v) is 12.8. The standard InChI is InChI=1S/C18H20FNO3/c19-15-5-7-16(8-6-15)23-13-17-12-20(9-10-22-17)11-14-3-1-2-4-18(14)21/h1-8,17,21H,9-13H2/t17-/m0/s1. The van der Waals surface area contributed by atoms with Crippen LogP contribution in [0.1, 0.15) is 5.56 Å². The second-order valence-electron chi connectivity index (χ2n) is 5.62. The second kappa shape index (κ2) is 7.44. The molecular weight excluding hydrogens is 297 g/mol. The van der Waals surface area contributed by atoms with Crippen LogP contribution in [0, 0.1) is 5.82 Å². The predicted molar refractivity (Wildman–Crippen MR) is 85.0 cm³/mol. The number of benzene rings is 2. The number of nitrogens with zero attached hydrogens (tertiary/aromatic N) is 1. The summed E-state index contributed by atoms with van der Waals surface area (Å²) in [6.45, 7) is 3.29. The van der Waals surface area contributed by atoms with E-state index in [9.17, 15) is 9.50 Å². The van der Waals surface area contributed by atoms with Gasteiger partial charge >= 0.3 is 0 Å². The lowest BCUT2D eigenvalue weighted by Gasteiger charge is -2.32. The molecule has 1 saturated heterocycles. The van der Waals surface area contributed by atoms with Gasteiger partial charge in [-0.3, -0.25) is 4.90 Å². The van der Waals surface area contributed by atoms with Crippen molar-refractivity contribution < 1.29 is 19.0 Å². The van der Waals surface area contributed by atoms with Gasteiger partial charge in [0.25, 0.3) is 0 Å². The molecule has 0 aromatic heterocycles. The summed E-state index contributed by atoms with van der Waals surface area (Å²) in [6.07, 6.45) is -0.0420. The van der Waals surface area contributed by atoms with E-state index in [1.165, 1.54) is 12.1 Å². The minimum Gasteiger partial charge on any atom is -0.508 e. The molecule has 0 saturated carbocycles. The Kier molecular flexibility index (Phi) is 5.10. The molecule has 0 amide bonds. The Balaban J connectivity index is 1.52. The van der Waals surface area contributed by atoms with Gasteiger partial charge in [0.15, 0.2) is 0 Å². The number of hydrogen-bond donors (Lipinski definition) is 1. The van der Waals surface area contributed by atoms with Crippen molar-refractivity contribution in [2.75, 3.05) is 26.3 Å². The smallest absolute Gasteiger partial charge is 0.123 e. The molecule has 1 atom stereocenters. The zero-order chi connectivity index (χ0) is 16.1. The summed E-state index contributed by atoms with van der Waals surface area (Å²) in [5, 5.41) is 9.87. The van der Waals surface area contributed by atoms with Gasteiger partial charge < -0.3 is 14.6 Å². The number of rotatable bonds is 5. The summed E-state index contributed by atoms with van der Waals surface area (Å²) < 4.78 is 24.2. The van der Waals surface area contributed by atoms with E-state index in [2.05, 4.69) is 4.90 Å². The fourth-order valence-corrected chi connectivity index (χ4v) is 2.63. The quantitative estimate of drug-likeness (QED) is 0.921. The highest BCUT2D eigenvalue weighted by atomic mass is 19.1. The van der Waals surface area contributed by atoms with Crippen molar-refractivity contribution in [2.24, 2.45) is 0 Å². The van der Waals surface area contributed by atoms with Crippen LogP contribution in [-0.4, -0.2) is 42.4 Å².